The van der Waals surface area contributed by atoms with Crippen molar-refractivity contribution in [1.82, 2.24) is 20.6 Å². The predicted molar refractivity (Wildman–Crippen MR) is 158 cm³/mol. The topological polar surface area (TPSA) is 113 Å². The summed E-state index contributed by atoms with van der Waals surface area (Å²) < 4.78 is 5.25. The molecule has 1 aliphatic rings. The van der Waals surface area contributed by atoms with E-state index in [0.717, 1.165) is 29.8 Å². The second-order valence-electron chi connectivity index (χ2n) is 10.5. The first kappa shape index (κ1) is 28.0. The molecule has 0 bridgehead atoms. The Morgan fingerprint density at radius 3 is 2.29 bits per heavy atom. The molecule has 1 aliphatic carbocycles. The molecule has 1 heterocycles. The molecular formula is C32H36N6O3. The lowest BCUT2D eigenvalue weighted by atomic mass is 9.84. The van der Waals surface area contributed by atoms with E-state index in [1.54, 1.807) is 19.2 Å². The molecule has 3 aromatic carbocycles. The maximum Gasteiger partial charge on any atom is 0.270 e. The average molecular weight is 553 g/mol. The molecule has 2 amide bonds. The number of ether oxygens (including phenoxy) is 1. The Balaban J connectivity index is 1.28. The fourth-order valence-corrected chi connectivity index (χ4v) is 5.39. The van der Waals surface area contributed by atoms with E-state index >= 15 is 0 Å². The third-order valence-electron chi connectivity index (χ3n) is 7.73. The van der Waals surface area contributed by atoms with Gasteiger partial charge in [-0.3, -0.25) is 14.9 Å². The molecule has 212 valence electrons. The zero-order valence-corrected chi connectivity index (χ0v) is 23.4. The molecular weight excluding hydrogens is 516 g/mol. The number of H-pyrrole nitrogens is 1. The molecule has 0 saturated heterocycles. The van der Waals surface area contributed by atoms with Crippen molar-refractivity contribution in [3.05, 3.63) is 95.1 Å². The van der Waals surface area contributed by atoms with Crippen molar-refractivity contribution < 1.29 is 14.3 Å². The van der Waals surface area contributed by atoms with E-state index in [1.165, 1.54) is 43.2 Å². The van der Waals surface area contributed by atoms with Crippen LogP contribution in [0.5, 0.6) is 5.75 Å². The van der Waals surface area contributed by atoms with E-state index in [4.69, 9.17) is 4.74 Å². The molecule has 0 atom stereocenters. The highest BCUT2D eigenvalue weighted by Gasteiger charge is 2.19. The van der Waals surface area contributed by atoms with Gasteiger partial charge < -0.3 is 9.64 Å². The van der Waals surface area contributed by atoms with Crippen molar-refractivity contribution in [3.63, 3.8) is 0 Å². The van der Waals surface area contributed by atoms with Crippen LogP contribution in [0.15, 0.2) is 72.8 Å². The first-order valence-corrected chi connectivity index (χ1v) is 14.3. The summed E-state index contributed by atoms with van der Waals surface area (Å²) in [5.41, 5.74) is 4.82. The summed E-state index contributed by atoms with van der Waals surface area (Å²) in [6.07, 6.45) is 8.36. The number of nitrogens with one attached hydrogen (secondary N) is 2. The van der Waals surface area contributed by atoms with Gasteiger partial charge in [0.1, 0.15) is 5.75 Å². The number of tetrazole rings is 1. The van der Waals surface area contributed by atoms with Gasteiger partial charge >= 0.3 is 0 Å². The van der Waals surface area contributed by atoms with Crippen LogP contribution in [0.1, 0.15) is 77.9 Å². The smallest absolute Gasteiger partial charge is 0.270 e. The lowest BCUT2D eigenvalue weighted by Crippen LogP contribution is -2.30. The van der Waals surface area contributed by atoms with E-state index in [-0.39, 0.29) is 17.8 Å². The van der Waals surface area contributed by atoms with E-state index in [2.05, 4.69) is 50.2 Å². The SMILES string of the molecule is COc1ccc(CCCC(=O)N(Cc2ccc(C(=O)Nc3nn[nH]n3)cc2)c2ccc(C3CCCCC3)cc2)cc1. The summed E-state index contributed by atoms with van der Waals surface area (Å²) in [7, 11) is 1.66. The van der Waals surface area contributed by atoms with Crippen molar-refractivity contribution in [2.45, 2.75) is 63.8 Å². The molecule has 0 aliphatic heterocycles. The number of methoxy groups -OCH3 is 1. The number of anilines is 2. The molecule has 4 aromatic rings. The first-order valence-electron chi connectivity index (χ1n) is 14.3. The molecule has 1 fully saturated rings. The van der Waals surface area contributed by atoms with Crippen LogP contribution in [0.2, 0.25) is 0 Å². The zero-order chi connectivity index (χ0) is 28.4. The predicted octanol–water partition coefficient (Wildman–Crippen LogP) is 6.06. The average Bonchev–Trinajstić information content (AvgIpc) is 3.54. The zero-order valence-electron chi connectivity index (χ0n) is 23.4. The Bertz CT molecular complexity index is 1400. The highest BCUT2D eigenvalue weighted by Crippen LogP contribution is 2.33. The molecule has 9 nitrogen and oxygen atoms in total. The van der Waals surface area contributed by atoms with Gasteiger partial charge in [-0.1, -0.05) is 60.8 Å². The number of hydrogen-bond donors (Lipinski definition) is 2. The van der Waals surface area contributed by atoms with Gasteiger partial charge in [0, 0.05) is 17.7 Å². The minimum Gasteiger partial charge on any atom is -0.497 e. The lowest BCUT2D eigenvalue weighted by Gasteiger charge is -2.25. The van der Waals surface area contributed by atoms with E-state index in [9.17, 15) is 9.59 Å². The van der Waals surface area contributed by atoms with Crippen LogP contribution in [0, 0.1) is 0 Å². The van der Waals surface area contributed by atoms with Gasteiger partial charge in [0.05, 0.1) is 13.7 Å². The van der Waals surface area contributed by atoms with Crippen molar-refractivity contribution >= 4 is 23.5 Å². The van der Waals surface area contributed by atoms with Gasteiger partial charge in [0.15, 0.2) is 0 Å². The Morgan fingerprint density at radius 2 is 1.63 bits per heavy atom. The maximum absolute atomic E-state index is 13.6. The minimum absolute atomic E-state index is 0.0721. The van der Waals surface area contributed by atoms with Gasteiger partial charge in [-0.15, -0.1) is 5.10 Å². The number of amides is 2. The molecule has 1 aromatic heterocycles. The normalized spacial score (nSPS) is 13.5. The lowest BCUT2D eigenvalue weighted by molar-refractivity contribution is -0.118. The molecule has 0 unspecified atom stereocenters. The third-order valence-corrected chi connectivity index (χ3v) is 7.73. The fraction of sp³-hybridized carbons (Fsp3) is 0.344. The number of benzene rings is 3. The van der Waals surface area contributed by atoms with E-state index < -0.39 is 0 Å². The number of aryl methyl sites for hydroxylation is 1. The number of rotatable bonds is 11. The second kappa shape index (κ2) is 13.7. The van der Waals surface area contributed by atoms with Crippen LogP contribution >= 0.6 is 0 Å². The fourth-order valence-electron chi connectivity index (χ4n) is 5.39. The highest BCUT2D eigenvalue weighted by atomic mass is 16.5. The molecule has 1 saturated carbocycles. The highest BCUT2D eigenvalue weighted by molar-refractivity contribution is 6.03. The van der Waals surface area contributed by atoms with E-state index in [1.807, 2.05) is 41.3 Å². The van der Waals surface area contributed by atoms with E-state index in [0.29, 0.717) is 24.4 Å². The number of hydrogen-bond acceptors (Lipinski definition) is 6. The summed E-state index contributed by atoms with van der Waals surface area (Å²) in [5.74, 6) is 1.29. The van der Waals surface area contributed by atoms with Crippen LogP contribution in [0.25, 0.3) is 0 Å². The molecule has 0 spiro atoms. The van der Waals surface area contributed by atoms with Crippen LogP contribution in [-0.4, -0.2) is 39.5 Å². The van der Waals surface area contributed by atoms with Gasteiger partial charge in [-0.05, 0) is 89.9 Å². The second-order valence-corrected chi connectivity index (χ2v) is 10.5. The monoisotopic (exact) mass is 552 g/mol. The van der Waals surface area contributed by atoms with Crippen molar-refractivity contribution in [3.8, 4) is 5.75 Å². The largest absolute Gasteiger partial charge is 0.497 e. The van der Waals surface area contributed by atoms with Crippen LogP contribution < -0.4 is 15.0 Å². The van der Waals surface area contributed by atoms with Crippen molar-refractivity contribution in [2.24, 2.45) is 0 Å². The van der Waals surface area contributed by atoms with Crippen molar-refractivity contribution in [2.75, 3.05) is 17.3 Å². The summed E-state index contributed by atoms with van der Waals surface area (Å²) in [6.45, 7) is 0.414. The summed E-state index contributed by atoms with van der Waals surface area (Å²) in [4.78, 5) is 28.0. The quantitative estimate of drug-likeness (QED) is 0.234. The van der Waals surface area contributed by atoms with Gasteiger partial charge in [0.2, 0.25) is 5.91 Å². The summed E-state index contributed by atoms with van der Waals surface area (Å²) in [5, 5.41) is 15.8. The third kappa shape index (κ3) is 7.57. The molecule has 5 rings (SSSR count). The number of nitrogens with zero attached hydrogens (tertiary/aromatic N) is 4. The summed E-state index contributed by atoms with van der Waals surface area (Å²) in [6, 6.07) is 23.7. The Labute approximate surface area is 240 Å². The number of carbonyl (C=O) groups excluding carboxylic acids is 2. The minimum atomic E-state index is -0.331. The molecule has 9 heteroatoms. The molecule has 2 N–H and O–H groups in total. The van der Waals surface area contributed by atoms with Gasteiger partial charge in [0.25, 0.3) is 11.9 Å². The molecule has 41 heavy (non-hydrogen) atoms. The Hall–Kier alpha value is -4.53. The Morgan fingerprint density at radius 1 is 0.927 bits per heavy atom. The van der Waals surface area contributed by atoms with Gasteiger partial charge in [-0.25, -0.2) is 0 Å². The van der Waals surface area contributed by atoms with Crippen LogP contribution in [0.4, 0.5) is 11.6 Å². The van der Waals surface area contributed by atoms with Crippen molar-refractivity contribution in [1.29, 1.82) is 0 Å². The number of carbonyl (C=O) groups is 2. The van der Waals surface area contributed by atoms with Crippen LogP contribution in [0.3, 0.4) is 0 Å². The Kier molecular flexibility index (Phi) is 9.36. The van der Waals surface area contributed by atoms with Crippen LogP contribution in [-0.2, 0) is 17.8 Å². The number of aromatic amines is 1. The maximum atomic E-state index is 13.6. The first-order chi connectivity index (χ1) is 20.1. The molecule has 0 radical (unpaired) electrons. The van der Waals surface area contributed by atoms with Gasteiger partial charge in [-0.2, -0.15) is 5.21 Å². The standard InChI is InChI=1S/C32H36N6O3/c1-41-29-20-12-23(13-21-29)6-5-9-30(39)38(28-18-16-26(17-19-28)25-7-3-2-4-8-25)22-24-10-14-27(15-11-24)31(40)33-32-34-36-37-35-32/h10-21,25H,2-9,22H2,1H3,(H2,33,34,35,36,37,40). The number of aromatic nitrogens is 4. The summed E-state index contributed by atoms with van der Waals surface area (Å²) >= 11 is 0.